The molecule has 1 aromatic carbocycles. The average molecular weight is 479 g/mol. The lowest BCUT2D eigenvalue weighted by atomic mass is 9.91. The highest BCUT2D eigenvalue weighted by molar-refractivity contribution is 5.71. The Balaban J connectivity index is 1.34. The van der Waals surface area contributed by atoms with Crippen LogP contribution in [-0.4, -0.2) is 39.3 Å². The number of nitrogens with zero attached hydrogens (tertiary/aromatic N) is 8. The second-order valence-corrected chi connectivity index (χ2v) is 9.35. The first-order chi connectivity index (χ1) is 17.6. The van der Waals surface area contributed by atoms with E-state index in [1.54, 1.807) is 0 Å². The van der Waals surface area contributed by atoms with E-state index in [0.717, 1.165) is 60.8 Å². The zero-order valence-electron chi connectivity index (χ0n) is 21.0. The van der Waals surface area contributed by atoms with Gasteiger partial charge >= 0.3 is 0 Å². The van der Waals surface area contributed by atoms with Gasteiger partial charge in [0.2, 0.25) is 0 Å². The predicted molar refractivity (Wildman–Crippen MR) is 138 cm³/mol. The Hall–Kier alpha value is -4.07. The molecule has 4 aromatic heterocycles. The fraction of sp³-hybridized carbons (Fsp3) is 0.321. The van der Waals surface area contributed by atoms with Gasteiger partial charge in [0.1, 0.15) is 5.82 Å². The summed E-state index contributed by atoms with van der Waals surface area (Å²) in [5, 5.41) is 13.9. The monoisotopic (exact) mass is 478 g/mol. The van der Waals surface area contributed by atoms with E-state index in [0.29, 0.717) is 6.42 Å². The molecule has 5 aromatic rings. The molecule has 8 heteroatoms. The van der Waals surface area contributed by atoms with Crippen LogP contribution in [-0.2, 0) is 45.8 Å². The predicted octanol–water partition coefficient (Wildman–Crippen LogP) is 4.26. The van der Waals surface area contributed by atoms with E-state index < -0.39 is 0 Å². The second-order valence-electron chi connectivity index (χ2n) is 9.35. The lowest BCUT2D eigenvalue weighted by Crippen LogP contribution is -2.10. The molecule has 0 atom stereocenters. The molecule has 0 bridgehead atoms. The number of hydrogen-bond acceptors (Lipinski definition) is 5. The highest BCUT2D eigenvalue weighted by Crippen LogP contribution is 2.35. The molecule has 0 saturated heterocycles. The van der Waals surface area contributed by atoms with Crippen LogP contribution in [0.1, 0.15) is 47.9 Å². The van der Waals surface area contributed by atoms with Gasteiger partial charge in [-0.3, -0.25) is 14.0 Å². The summed E-state index contributed by atoms with van der Waals surface area (Å²) < 4.78 is 5.93. The van der Waals surface area contributed by atoms with Gasteiger partial charge in [-0.25, -0.2) is 9.97 Å². The number of fused-ring (bicyclic) bond motifs is 3. The summed E-state index contributed by atoms with van der Waals surface area (Å²) in [6.45, 7) is 5.91. The quantitative estimate of drug-likeness (QED) is 0.349. The number of aryl methyl sites for hydroxylation is 5. The van der Waals surface area contributed by atoms with Gasteiger partial charge in [-0.05, 0) is 49.4 Å². The van der Waals surface area contributed by atoms with Crippen LogP contribution in [0.15, 0.2) is 55.1 Å². The van der Waals surface area contributed by atoms with Crippen LogP contribution in [0.4, 0.5) is 0 Å². The molecule has 8 nitrogen and oxygen atoms in total. The SMILES string of the molecule is CCn1cc(-c2cccc(Cc3c4c(nn3C)CCc3cnc(Cc5ccn(CC)n5)nc3-4)c2)cn1. The van der Waals surface area contributed by atoms with E-state index >= 15 is 0 Å². The summed E-state index contributed by atoms with van der Waals surface area (Å²) in [5.74, 6) is 0.799. The number of hydrogen-bond donors (Lipinski definition) is 0. The maximum Gasteiger partial charge on any atom is 0.134 e. The van der Waals surface area contributed by atoms with Crippen molar-refractivity contribution in [1.29, 1.82) is 0 Å². The molecule has 0 N–H and O–H groups in total. The average Bonchev–Trinajstić information content (AvgIpc) is 3.63. The highest BCUT2D eigenvalue weighted by Gasteiger charge is 2.26. The molecule has 0 radical (unpaired) electrons. The van der Waals surface area contributed by atoms with Gasteiger partial charge in [0.15, 0.2) is 0 Å². The van der Waals surface area contributed by atoms with Crippen LogP contribution in [0, 0.1) is 0 Å². The Kier molecular flexibility index (Phi) is 5.71. The number of aromatic nitrogens is 8. The van der Waals surface area contributed by atoms with Gasteiger partial charge in [-0.15, -0.1) is 0 Å². The topological polar surface area (TPSA) is 79.2 Å². The van der Waals surface area contributed by atoms with E-state index in [1.807, 2.05) is 45.7 Å². The van der Waals surface area contributed by atoms with Crippen LogP contribution in [0.25, 0.3) is 22.4 Å². The van der Waals surface area contributed by atoms with Crippen LogP contribution < -0.4 is 0 Å². The van der Waals surface area contributed by atoms with E-state index in [1.165, 1.54) is 27.9 Å². The Morgan fingerprint density at radius 1 is 0.917 bits per heavy atom. The minimum absolute atomic E-state index is 0.624. The minimum Gasteiger partial charge on any atom is -0.273 e. The molecule has 4 heterocycles. The fourth-order valence-corrected chi connectivity index (χ4v) is 5.03. The van der Waals surface area contributed by atoms with Crippen molar-refractivity contribution in [2.24, 2.45) is 7.05 Å². The Morgan fingerprint density at radius 3 is 2.61 bits per heavy atom. The van der Waals surface area contributed by atoms with E-state index in [-0.39, 0.29) is 0 Å². The van der Waals surface area contributed by atoms with Crippen molar-refractivity contribution in [3.05, 3.63) is 89.2 Å². The summed E-state index contributed by atoms with van der Waals surface area (Å²) in [7, 11) is 2.04. The third-order valence-corrected chi connectivity index (χ3v) is 6.97. The molecule has 0 unspecified atom stereocenters. The fourth-order valence-electron chi connectivity index (χ4n) is 5.03. The first-order valence-electron chi connectivity index (χ1n) is 12.6. The minimum atomic E-state index is 0.624. The number of benzene rings is 1. The smallest absolute Gasteiger partial charge is 0.134 e. The van der Waals surface area contributed by atoms with Crippen LogP contribution >= 0.6 is 0 Å². The second kappa shape index (κ2) is 9.18. The lowest BCUT2D eigenvalue weighted by molar-refractivity contribution is 0.648. The first-order valence-corrected chi connectivity index (χ1v) is 12.6. The normalized spacial score (nSPS) is 12.5. The van der Waals surface area contributed by atoms with Crippen molar-refractivity contribution in [2.45, 2.75) is 52.6 Å². The molecule has 6 rings (SSSR count). The van der Waals surface area contributed by atoms with Gasteiger partial charge in [-0.2, -0.15) is 15.3 Å². The Bertz CT molecular complexity index is 1540. The zero-order chi connectivity index (χ0) is 24.6. The van der Waals surface area contributed by atoms with Crippen LogP contribution in [0.2, 0.25) is 0 Å². The largest absolute Gasteiger partial charge is 0.273 e. The lowest BCUT2D eigenvalue weighted by Gasteiger charge is -2.16. The van der Waals surface area contributed by atoms with Crippen molar-refractivity contribution in [1.82, 2.24) is 39.3 Å². The van der Waals surface area contributed by atoms with E-state index in [2.05, 4.69) is 59.5 Å². The van der Waals surface area contributed by atoms with Gasteiger partial charge in [-0.1, -0.05) is 24.3 Å². The third-order valence-electron chi connectivity index (χ3n) is 6.97. The summed E-state index contributed by atoms with van der Waals surface area (Å²) in [6.07, 6.45) is 11.3. The molecule has 1 aliphatic carbocycles. The molecule has 0 fully saturated rings. The van der Waals surface area contributed by atoms with Crippen LogP contribution in [0.3, 0.4) is 0 Å². The summed E-state index contributed by atoms with van der Waals surface area (Å²) in [5.41, 5.74) is 10.3. The molecule has 1 aliphatic rings. The summed E-state index contributed by atoms with van der Waals surface area (Å²) in [6, 6.07) is 10.8. The van der Waals surface area contributed by atoms with Gasteiger partial charge in [0.05, 0.1) is 35.4 Å². The van der Waals surface area contributed by atoms with Gasteiger partial charge in [0, 0.05) is 56.3 Å². The molecule has 0 saturated carbocycles. The van der Waals surface area contributed by atoms with Crippen molar-refractivity contribution in [3.63, 3.8) is 0 Å². The molecular weight excluding hydrogens is 448 g/mol. The van der Waals surface area contributed by atoms with E-state index in [9.17, 15) is 0 Å². The van der Waals surface area contributed by atoms with Crippen LogP contribution in [0.5, 0.6) is 0 Å². The first kappa shape index (κ1) is 22.4. The standard InChI is InChI=1S/C28H30N8/c1-4-35-12-11-23(32-35)15-26-29-16-21-9-10-24-27(28(21)31-26)25(34(3)33-24)14-19-7-6-8-20(13-19)22-17-30-36(5-2)18-22/h6-8,11-13,16-18H,4-5,9-10,14-15H2,1-3H3. The zero-order valence-corrected chi connectivity index (χ0v) is 21.0. The summed E-state index contributed by atoms with van der Waals surface area (Å²) in [4.78, 5) is 9.73. The molecule has 0 spiro atoms. The van der Waals surface area contributed by atoms with Gasteiger partial charge in [0.25, 0.3) is 0 Å². The molecular formula is C28H30N8. The Morgan fingerprint density at radius 2 is 1.81 bits per heavy atom. The molecule has 0 aliphatic heterocycles. The maximum atomic E-state index is 5.05. The van der Waals surface area contributed by atoms with Crippen molar-refractivity contribution in [3.8, 4) is 22.4 Å². The van der Waals surface area contributed by atoms with Crippen molar-refractivity contribution >= 4 is 0 Å². The molecule has 182 valence electrons. The molecule has 36 heavy (non-hydrogen) atoms. The van der Waals surface area contributed by atoms with Gasteiger partial charge < -0.3 is 0 Å². The van der Waals surface area contributed by atoms with Crippen molar-refractivity contribution in [2.75, 3.05) is 0 Å². The third kappa shape index (κ3) is 4.12. The highest BCUT2D eigenvalue weighted by atomic mass is 15.3. The van der Waals surface area contributed by atoms with Crippen molar-refractivity contribution < 1.29 is 0 Å². The van der Waals surface area contributed by atoms with E-state index in [4.69, 9.17) is 10.1 Å². The number of rotatable bonds is 7. The Labute approximate surface area is 210 Å². The molecule has 0 amide bonds. The maximum absolute atomic E-state index is 5.05. The summed E-state index contributed by atoms with van der Waals surface area (Å²) >= 11 is 0.